The van der Waals surface area contributed by atoms with E-state index in [4.69, 9.17) is 4.74 Å². The molecule has 0 amide bonds. The minimum atomic E-state index is -0.369. The summed E-state index contributed by atoms with van der Waals surface area (Å²) in [5.74, 6) is 1.12. The maximum atomic E-state index is 12.7. The van der Waals surface area contributed by atoms with Gasteiger partial charge in [0.15, 0.2) is 0 Å². The van der Waals surface area contributed by atoms with Crippen LogP contribution in [0.5, 0.6) is 11.5 Å². The molecule has 1 aliphatic carbocycles. The molecule has 2 rings (SSSR count). The summed E-state index contributed by atoms with van der Waals surface area (Å²) in [7, 11) is 0. The van der Waals surface area contributed by atoms with Gasteiger partial charge in [-0.2, -0.15) is 0 Å². The van der Waals surface area contributed by atoms with E-state index in [2.05, 4.69) is 0 Å². The van der Waals surface area contributed by atoms with Crippen molar-refractivity contribution in [3.05, 3.63) is 23.3 Å². The molecule has 0 aromatic heterocycles. The van der Waals surface area contributed by atoms with E-state index in [-0.39, 0.29) is 23.2 Å². The number of phenolic OH excluding ortho intramolecular Hbond substituents is 1. The van der Waals surface area contributed by atoms with Gasteiger partial charge in [-0.05, 0) is 43.7 Å². The Balaban J connectivity index is 2.30. The molecular weight excluding hydrogens is 288 g/mol. The average Bonchev–Trinajstić information content (AvgIpc) is 2.48. The molecule has 0 saturated heterocycles. The van der Waals surface area contributed by atoms with E-state index in [0.717, 1.165) is 36.8 Å². The first-order valence-electron chi connectivity index (χ1n) is 8.83. The second-order valence-electron chi connectivity index (χ2n) is 7.77. The molecule has 1 N–H and O–H groups in total. The number of hydrogen-bond donors (Lipinski definition) is 1. The number of rotatable bonds is 4. The van der Waals surface area contributed by atoms with E-state index in [1.165, 1.54) is 6.42 Å². The second-order valence-corrected chi connectivity index (χ2v) is 7.77. The molecule has 1 fully saturated rings. The van der Waals surface area contributed by atoms with Crippen LogP contribution in [0.3, 0.4) is 0 Å². The Hall–Kier alpha value is -1.51. The highest BCUT2D eigenvalue weighted by Crippen LogP contribution is 2.40. The standard InChI is InChI=1S/C20H30O3/c1-13(2)16-11-15(12-17(14(3)4)18(16)21)23-19(22)20(5)9-7-6-8-10-20/h11-14,21H,6-10H2,1-5H3. The molecule has 3 nitrogen and oxygen atoms in total. The van der Waals surface area contributed by atoms with Gasteiger partial charge in [0, 0.05) is 11.1 Å². The number of phenols is 1. The lowest BCUT2D eigenvalue weighted by Crippen LogP contribution is -2.34. The van der Waals surface area contributed by atoms with Gasteiger partial charge in [-0.25, -0.2) is 0 Å². The zero-order valence-corrected chi connectivity index (χ0v) is 15.1. The molecule has 0 spiro atoms. The number of benzene rings is 1. The Bertz CT molecular complexity index is 537. The molecule has 128 valence electrons. The molecule has 1 saturated carbocycles. The van der Waals surface area contributed by atoms with E-state index >= 15 is 0 Å². The lowest BCUT2D eigenvalue weighted by atomic mass is 9.76. The maximum absolute atomic E-state index is 12.7. The fourth-order valence-electron chi connectivity index (χ4n) is 3.36. The van der Waals surface area contributed by atoms with Gasteiger partial charge >= 0.3 is 5.97 Å². The van der Waals surface area contributed by atoms with Crippen molar-refractivity contribution < 1.29 is 14.6 Å². The van der Waals surface area contributed by atoms with Crippen molar-refractivity contribution in [1.82, 2.24) is 0 Å². The molecule has 0 unspecified atom stereocenters. The van der Waals surface area contributed by atoms with Crippen molar-refractivity contribution in [2.24, 2.45) is 5.41 Å². The summed E-state index contributed by atoms with van der Waals surface area (Å²) in [5, 5.41) is 10.4. The van der Waals surface area contributed by atoms with Crippen molar-refractivity contribution in [3.63, 3.8) is 0 Å². The summed E-state index contributed by atoms with van der Waals surface area (Å²) in [5.41, 5.74) is 1.31. The molecule has 0 atom stereocenters. The van der Waals surface area contributed by atoms with E-state index < -0.39 is 0 Å². The van der Waals surface area contributed by atoms with Crippen LogP contribution in [0.1, 0.15) is 89.7 Å². The highest BCUT2D eigenvalue weighted by Gasteiger charge is 2.36. The number of esters is 1. The highest BCUT2D eigenvalue weighted by atomic mass is 16.5. The first kappa shape index (κ1) is 17.8. The van der Waals surface area contributed by atoms with E-state index in [9.17, 15) is 9.90 Å². The molecule has 0 radical (unpaired) electrons. The third-order valence-corrected chi connectivity index (χ3v) is 5.05. The number of carbonyl (C=O) groups excluding carboxylic acids is 1. The number of carbonyl (C=O) groups is 1. The van der Waals surface area contributed by atoms with Gasteiger partial charge in [0.2, 0.25) is 0 Å². The summed E-state index contributed by atoms with van der Waals surface area (Å²) in [6.07, 6.45) is 5.19. The molecule has 1 aliphatic rings. The topological polar surface area (TPSA) is 46.5 Å². The van der Waals surface area contributed by atoms with Crippen molar-refractivity contribution in [2.75, 3.05) is 0 Å². The Morgan fingerprint density at radius 3 is 1.96 bits per heavy atom. The van der Waals surface area contributed by atoms with Crippen LogP contribution in [0.25, 0.3) is 0 Å². The third kappa shape index (κ3) is 3.88. The van der Waals surface area contributed by atoms with Crippen molar-refractivity contribution in [3.8, 4) is 11.5 Å². The minimum absolute atomic E-state index is 0.132. The van der Waals surface area contributed by atoms with Crippen LogP contribution >= 0.6 is 0 Å². The van der Waals surface area contributed by atoms with Gasteiger partial charge in [0.25, 0.3) is 0 Å². The van der Waals surface area contributed by atoms with Gasteiger partial charge < -0.3 is 9.84 Å². The second kappa shape index (κ2) is 6.94. The fourth-order valence-corrected chi connectivity index (χ4v) is 3.36. The summed E-state index contributed by atoms with van der Waals surface area (Å²) < 4.78 is 5.74. The van der Waals surface area contributed by atoms with Crippen LogP contribution in [-0.2, 0) is 4.79 Å². The van der Waals surface area contributed by atoms with E-state index in [1.54, 1.807) is 0 Å². The Labute approximate surface area is 140 Å². The van der Waals surface area contributed by atoms with Gasteiger partial charge in [0.05, 0.1) is 5.41 Å². The molecule has 0 bridgehead atoms. The van der Waals surface area contributed by atoms with Crippen LogP contribution in [0, 0.1) is 5.41 Å². The van der Waals surface area contributed by atoms with Crippen molar-refractivity contribution in [2.45, 2.75) is 78.6 Å². The van der Waals surface area contributed by atoms with Gasteiger partial charge in [-0.1, -0.05) is 47.0 Å². The first-order chi connectivity index (χ1) is 10.7. The lowest BCUT2D eigenvalue weighted by Gasteiger charge is -2.31. The summed E-state index contributed by atoms with van der Waals surface area (Å²) in [6.45, 7) is 10.2. The van der Waals surface area contributed by atoms with Crippen molar-refractivity contribution >= 4 is 5.97 Å². The third-order valence-electron chi connectivity index (χ3n) is 5.05. The van der Waals surface area contributed by atoms with Crippen LogP contribution in [-0.4, -0.2) is 11.1 Å². The molecule has 0 heterocycles. The highest BCUT2D eigenvalue weighted by molar-refractivity contribution is 5.79. The molecule has 23 heavy (non-hydrogen) atoms. The largest absolute Gasteiger partial charge is 0.507 e. The Morgan fingerprint density at radius 2 is 1.52 bits per heavy atom. The van der Waals surface area contributed by atoms with Crippen LogP contribution in [0.4, 0.5) is 0 Å². The number of ether oxygens (including phenoxy) is 1. The van der Waals surface area contributed by atoms with E-state index in [1.807, 2.05) is 46.8 Å². The molecule has 1 aromatic rings. The lowest BCUT2D eigenvalue weighted by molar-refractivity contribution is -0.146. The normalized spacial score (nSPS) is 17.5. The predicted molar refractivity (Wildman–Crippen MR) is 93.1 cm³/mol. The zero-order chi connectivity index (χ0) is 17.2. The predicted octanol–water partition coefficient (Wildman–Crippen LogP) is 5.51. The minimum Gasteiger partial charge on any atom is -0.507 e. The molecule has 1 aromatic carbocycles. The Kier molecular flexibility index (Phi) is 5.38. The molecule has 3 heteroatoms. The van der Waals surface area contributed by atoms with Gasteiger partial charge in [-0.15, -0.1) is 0 Å². The molecular formula is C20H30O3. The van der Waals surface area contributed by atoms with Gasteiger partial charge in [-0.3, -0.25) is 4.79 Å². The number of hydrogen-bond acceptors (Lipinski definition) is 3. The summed E-state index contributed by atoms with van der Waals surface area (Å²) in [4.78, 5) is 12.7. The molecule has 0 aliphatic heterocycles. The smallest absolute Gasteiger partial charge is 0.317 e. The average molecular weight is 318 g/mol. The van der Waals surface area contributed by atoms with Crippen LogP contribution in [0.15, 0.2) is 12.1 Å². The Morgan fingerprint density at radius 1 is 1.04 bits per heavy atom. The van der Waals surface area contributed by atoms with Crippen LogP contribution in [0.2, 0.25) is 0 Å². The summed E-state index contributed by atoms with van der Waals surface area (Å²) in [6, 6.07) is 3.63. The van der Waals surface area contributed by atoms with Crippen LogP contribution < -0.4 is 4.74 Å². The zero-order valence-electron chi connectivity index (χ0n) is 15.1. The number of aromatic hydroxyl groups is 1. The van der Waals surface area contributed by atoms with E-state index in [0.29, 0.717) is 11.5 Å². The van der Waals surface area contributed by atoms with Gasteiger partial charge in [0.1, 0.15) is 11.5 Å². The SMILES string of the molecule is CC(C)c1cc(OC(=O)C2(C)CCCCC2)cc(C(C)C)c1O. The monoisotopic (exact) mass is 318 g/mol. The fraction of sp³-hybridized carbons (Fsp3) is 0.650. The van der Waals surface area contributed by atoms with Crippen molar-refractivity contribution in [1.29, 1.82) is 0 Å². The maximum Gasteiger partial charge on any atom is 0.317 e. The summed E-state index contributed by atoms with van der Waals surface area (Å²) >= 11 is 0. The first-order valence-corrected chi connectivity index (χ1v) is 8.83. The quantitative estimate of drug-likeness (QED) is 0.587.